The molecule has 0 aromatic heterocycles. The molecule has 0 spiro atoms. The van der Waals surface area contributed by atoms with Crippen LogP contribution in [0.3, 0.4) is 0 Å². The molecule has 0 radical (unpaired) electrons. The van der Waals surface area contributed by atoms with Crippen LogP contribution >= 0.6 is 0 Å². The lowest BCUT2D eigenvalue weighted by atomic mass is 9.90. The molecule has 0 saturated heterocycles. The molecule has 0 aliphatic carbocycles. The SMILES string of the molecule is Fc1ccc2ccc3c(F)c(F)c4ccc5ccc6ccccc6c5c4c3c2c1. The number of hydrogen-bond donors (Lipinski definition) is 0. The van der Waals surface area contributed by atoms with Crippen LogP contribution in [0.5, 0.6) is 0 Å². The monoisotopic (exact) mass is 382 g/mol. The zero-order valence-electron chi connectivity index (χ0n) is 15.1. The van der Waals surface area contributed by atoms with Crippen LogP contribution in [-0.4, -0.2) is 0 Å². The zero-order chi connectivity index (χ0) is 19.7. The van der Waals surface area contributed by atoms with Crippen LogP contribution in [0, 0.1) is 17.5 Å². The van der Waals surface area contributed by atoms with Gasteiger partial charge in [0.05, 0.1) is 0 Å². The molecule has 0 fully saturated rings. The maximum atomic E-state index is 15.1. The number of rotatable bonds is 0. The van der Waals surface area contributed by atoms with Crippen molar-refractivity contribution in [2.45, 2.75) is 0 Å². The smallest absolute Gasteiger partial charge is 0.167 e. The van der Waals surface area contributed by atoms with E-state index in [4.69, 9.17) is 0 Å². The van der Waals surface area contributed by atoms with Gasteiger partial charge in [-0.2, -0.15) is 0 Å². The molecule has 138 valence electrons. The first-order chi connectivity index (χ1) is 14.1. The lowest BCUT2D eigenvalue weighted by Gasteiger charge is -2.14. The first kappa shape index (κ1) is 16.4. The van der Waals surface area contributed by atoms with Crippen molar-refractivity contribution in [3.63, 3.8) is 0 Å². The lowest BCUT2D eigenvalue weighted by molar-refractivity contribution is 0.525. The maximum absolute atomic E-state index is 15.1. The second kappa shape index (κ2) is 5.71. The summed E-state index contributed by atoms with van der Waals surface area (Å²) in [5.41, 5.74) is 0. The molecule has 29 heavy (non-hydrogen) atoms. The molecule has 3 heteroatoms. The number of halogens is 3. The minimum absolute atomic E-state index is 0.161. The van der Waals surface area contributed by atoms with E-state index in [1.807, 2.05) is 42.5 Å². The highest BCUT2D eigenvalue weighted by Crippen LogP contribution is 2.41. The third-order valence-corrected chi connectivity index (χ3v) is 5.81. The summed E-state index contributed by atoms with van der Waals surface area (Å²) in [6, 6.07) is 23.0. The van der Waals surface area contributed by atoms with Gasteiger partial charge >= 0.3 is 0 Å². The molecule has 6 aromatic carbocycles. The summed E-state index contributed by atoms with van der Waals surface area (Å²) in [7, 11) is 0. The van der Waals surface area contributed by atoms with E-state index >= 15 is 8.78 Å². The fourth-order valence-electron chi connectivity index (χ4n) is 4.52. The van der Waals surface area contributed by atoms with Gasteiger partial charge in [-0.05, 0) is 44.5 Å². The molecular formula is C26H13F3. The van der Waals surface area contributed by atoms with Gasteiger partial charge in [0.25, 0.3) is 0 Å². The van der Waals surface area contributed by atoms with Gasteiger partial charge in [0.1, 0.15) is 5.82 Å². The Balaban J connectivity index is 2.06. The highest BCUT2D eigenvalue weighted by molar-refractivity contribution is 6.32. The van der Waals surface area contributed by atoms with Crippen molar-refractivity contribution in [2.75, 3.05) is 0 Å². The van der Waals surface area contributed by atoms with Gasteiger partial charge in [-0.1, -0.05) is 66.7 Å². The normalized spacial score (nSPS) is 12.0. The molecule has 0 aliphatic rings. The zero-order valence-corrected chi connectivity index (χ0v) is 15.1. The molecule has 0 atom stereocenters. The van der Waals surface area contributed by atoms with Gasteiger partial charge in [0.15, 0.2) is 11.6 Å². The Bertz CT molecular complexity index is 1630. The largest absolute Gasteiger partial charge is 0.207 e. The van der Waals surface area contributed by atoms with Crippen LogP contribution in [0.1, 0.15) is 0 Å². The van der Waals surface area contributed by atoms with E-state index in [2.05, 4.69) is 0 Å². The van der Waals surface area contributed by atoms with Crippen molar-refractivity contribution < 1.29 is 13.2 Å². The fourth-order valence-corrected chi connectivity index (χ4v) is 4.52. The molecule has 0 nitrogen and oxygen atoms in total. The fraction of sp³-hybridized carbons (Fsp3) is 0. The van der Waals surface area contributed by atoms with Crippen LogP contribution in [0.25, 0.3) is 53.9 Å². The Hall–Kier alpha value is -3.59. The van der Waals surface area contributed by atoms with E-state index in [0.29, 0.717) is 16.2 Å². The maximum Gasteiger partial charge on any atom is 0.167 e. The summed E-state index contributed by atoms with van der Waals surface area (Å²) in [6.07, 6.45) is 0. The van der Waals surface area contributed by atoms with Crippen molar-refractivity contribution >= 4 is 53.9 Å². The highest BCUT2D eigenvalue weighted by Gasteiger charge is 2.19. The number of fused-ring (bicyclic) bond motifs is 9. The van der Waals surface area contributed by atoms with Crippen LogP contribution in [-0.2, 0) is 0 Å². The average molecular weight is 382 g/mol. The van der Waals surface area contributed by atoms with Crippen molar-refractivity contribution in [2.24, 2.45) is 0 Å². The van der Waals surface area contributed by atoms with E-state index in [1.165, 1.54) is 12.1 Å². The van der Waals surface area contributed by atoms with Crippen LogP contribution in [0.4, 0.5) is 13.2 Å². The highest BCUT2D eigenvalue weighted by atomic mass is 19.2. The molecule has 0 bridgehead atoms. The molecule has 0 aliphatic heterocycles. The van der Waals surface area contributed by atoms with Crippen molar-refractivity contribution in [3.05, 3.63) is 96.3 Å². The molecular weight excluding hydrogens is 369 g/mol. The molecule has 0 unspecified atom stereocenters. The lowest BCUT2D eigenvalue weighted by Crippen LogP contribution is -1.93. The number of benzene rings is 6. The summed E-state index contributed by atoms with van der Waals surface area (Å²) in [4.78, 5) is 0. The van der Waals surface area contributed by atoms with Gasteiger partial charge in [-0.25, -0.2) is 13.2 Å². The summed E-state index contributed by atoms with van der Waals surface area (Å²) >= 11 is 0. The quantitative estimate of drug-likeness (QED) is 0.235. The Kier molecular flexibility index (Phi) is 3.22. The molecule has 0 N–H and O–H groups in total. The van der Waals surface area contributed by atoms with Gasteiger partial charge < -0.3 is 0 Å². The van der Waals surface area contributed by atoms with Crippen molar-refractivity contribution in [1.82, 2.24) is 0 Å². The second-order valence-corrected chi connectivity index (χ2v) is 7.35. The molecule has 0 saturated carbocycles. The van der Waals surface area contributed by atoms with Crippen LogP contribution in [0.2, 0.25) is 0 Å². The summed E-state index contributed by atoms with van der Waals surface area (Å²) in [5, 5.41) is 6.62. The van der Waals surface area contributed by atoms with Crippen molar-refractivity contribution in [3.8, 4) is 0 Å². The minimum atomic E-state index is -0.904. The Morgan fingerprint density at radius 1 is 0.414 bits per heavy atom. The van der Waals surface area contributed by atoms with Crippen molar-refractivity contribution in [1.29, 1.82) is 0 Å². The van der Waals surface area contributed by atoms with E-state index < -0.39 is 17.5 Å². The number of hydrogen-bond acceptors (Lipinski definition) is 0. The van der Waals surface area contributed by atoms with Gasteiger partial charge in [0.2, 0.25) is 0 Å². The van der Waals surface area contributed by atoms with Gasteiger partial charge in [0, 0.05) is 21.5 Å². The minimum Gasteiger partial charge on any atom is -0.207 e. The van der Waals surface area contributed by atoms with Crippen LogP contribution in [0.15, 0.2) is 78.9 Å². The molecule has 0 amide bonds. The topological polar surface area (TPSA) is 0 Å². The Morgan fingerprint density at radius 2 is 1.00 bits per heavy atom. The molecule has 6 aromatic rings. The predicted molar refractivity (Wildman–Crippen MR) is 114 cm³/mol. The first-order valence-corrected chi connectivity index (χ1v) is 9.36. The van der Waals surface area contributed by atoms with E-state index in [-0.39, 0.29) is 10.8 Å². The summed E-state index contributed by atoms with van der Waals surface area (Å²) < 4.78 is 44.2. The predicted octanol–water partition coefficient (Wildman–Crippen LogP) is 7.87. The first-order valence-electron chi connectivity index (χ1n) is 9.36. The van der Waals surface area contributed by atoms with Gasteiger partial charge in [-0.15, -0.1) is 0 Å². The third-order valence-electron chi connectivity index (χ3n) is 5.81. The van der Waals surface area contributed by atoms with E-state index in [9.17, 15) is 4.39 Å². The van der Waals surface area contributed by atoms with E-state index in [0.717, 1.165) is 26.9 Å². The average Bonchev–Trinajstić information content (AvgIpc) is 2.75. The summed E-state index contributed by atoms with van der Waals surface area (Å²) in [5.74, 6) is -2.19. The standard InChI is InChI=1S/C26H13F3/c27-17-10-7-15-8-11-19-23(21(15)13-17)24-20(26(29)25(19)28)12-9-16-6-5-14-3-1-2-4-18(14)22(16)24/h1-13H. The summed E-state index contributed by atoms with van der Waals surface area (Å²) in [6.45, 7) is 0. The van der Waals surface area contributed by atoms with Crippen LogP contribution < -0.4 is 0 Å². The van der Waals surface area contributed by atoms with E-state index in [1.54, 1.807) is 24.3 Å². The van der Waals surface area contributed by atoms with Gasteiger partial charge in [-0.3, -0.25) is 0 Å². The Labute approximate surface area is 163 Å². The third kappa shape index (κ3) is 2.16. The second-order valence-electron chi connectivity index (χ2n) is 7.35. The molecule has 6 rings (SSSR count). The molecule has 0 heterocycles. The Morgan fingerprint density at radius 3 is 1.83 bits per heavy atom.